The molecule has 16 heteroatoms. The lowest BCUT2D eigenvalue weighted by atomic mass is 9.78. The standard InChI is InChI=1S/C35H35F6N7O2S/c1-4-48(19-10-17(11-19)32(49)46(2)3)31-21-12-23(35(39,40)41)26(20-6-7-24(37)29-25(20)22(14-42)30(43)51-29)27(38)28(21)44-33(45-31)50-16-34-8-5-9-47(34)15-18(36)13-34/h6-7,12,17-19H,4-5,8-11,13,15-16,43H2,1-3H3. The summed E-state index contributed by atoms with van der Waals surface area (Å²) >= 11 is 0.682. The van der Waals surface area contributed by atoms with Crippen LogP contribution in [0.2, 0.25) is 0 Å². The summed E-state index contributed by atoms with van der Waals surface area (Å²) in [6, 6.07) is 3.90. The lowest BCUT2D eigenvalue weighted by Crippen LogP contribution is -2.50. The van der Waals surface area contributed by atoms with E-state index >= 15 is 17.6 Å². The number of carbonyl (C=O) groups excluding carboxylic acids is 1. The molecule has 1 amide bonds. The first kappa shape index (κ1) is 35.1. The average molecular weight is 732 g/mol. The molecule has 51 heavy (non-hydrogen) atoms. The number of alkyl halides is 4. The summed E-state index contributed by atoms with van der Waals surface area (Å²) in [6.07, 6.45) is -3.63. The van der Waals surface area contributed by atoms with Gasteiger partial charge in [-0.1, -0.05) is 6.07 Å². The molecule has 1 aliphatic carbocycles. The third kappa shape index (κ3) is 5.78. The fourth-order valence-electron chi connectivity index (χ4n) is 8.11. The molecule has 0 bridgehead atoms. The van der Waals surface area contributed by atoms with Crippen LogP contribution < -0.4 is 15.4 Å². The number of fused-ring (bicyclic) bond motifs is 3. The van der Waals surface area contributed by atoms with Gasteiger partial charge < -0.3 is 20.3 Å². The number of amides is 1. The van der Waals surface area contributed by atoms with Crippen molar-refractivity contribution in [3.8, 4) is 23.2 Å². The number of ether oxygens (including phenoxy) is 1. The van der Waals surface area contributed by atoms with Crippen LogP contribution in [0.15, 0.2) is 18.2 Å². The highest BCUT2D eigenvalue weighted by Gasteiger charge is 2.49. The Kier molecular flexibility index (Phi) is 8.73. The van der Waals surface area contributed by atoms with Gasteiger partial charge in [0.1, 0.15) is 41.0 Å². The zero-order valence-electron chi connectivity index (χ0n) is 28.1. The van der Waals surface area contributed by atoms with Crippen molar-refractivity contribution >= 4 is 49.1 Å². The van der Waals surface area contributed by atoms with E-state index in [1.807, 2.05) is 11.0 Å². The molecule has 2 unspecified atom stereocenters. The van der Waals surface area contributed by atoms with E-state index in [2.05, 4.69) is 9.97 Å². The predicted molar refractivity (Wildman–Crippen MR) is 181 cm³/mol. The fourth-order valence-corrected chi connectivity index (χ4v) is 9.06. The molecule has 2 saturated heterocycles. The third-order valence-electron chi connectivity index (χ3n) is 10.6. The number of nitriles is 1. The minimum Gasteiger partial charge on any atom is -0.461 e. The number of nitrogens with two attached hydrogens (primary N) is 1. The molecule has 7 rings (SSSR count). The first-order chi connectivity index (χ1) is 24.2. The number of halogens is 6. The van der Waals surface area contributed by atoms with Gasteiger partial charge in [-0.15, -0.1) is 11.3 Å². The van der Waals surface area contributed by atoms with Crippen LogP contribution in [0, 0.1) is 28.9 Å². The summed E-state index contributed by atoms with van der Waals surface area (Å²) in [6.45, 7) is 2.96. The van der Waals surface area contributed by atoms with E-state index in [0.29, 0.717) is 37.1 Å². The number of thiophene rings is 1. The average Bonchev–Trinajstić information content (AvgIpc) is 3.70. The van der Waals surface area contributed by atoms with Gasteiger partial charge in [0.2, 0.25) is 5.91 Å². The van der Waals surface area contributed by atoms with Crippen molar-refractivity contribution in [1.29, 1.82) is 5.26 Å². The lowest BCUT2D eigenvalue weighted by molar-refractivity contribution is -0.137. The van der Waals surface area contributed by atoms with Crippen LogP contribution in [-0.2, 0) is 11.0 Å². The fraction of sp³-hybridized carbons (Fsp3) is 0.486. The van der Waals surface area contributed by atoms with E-state index < -0.39 is 46.2 Å². The zero-order chi connectivity index (χ0) is 36.6. The Morgan fingerprint density at radius 3 is 2.65 bits per heavy atom. The number of anilines is 2. The maximum Gasteiger partial charge on any atom is 0.417 e. The first-order valence-electron chi connectivity index (χ1n) is 16.7. The second-order valence-electron chi connectivity index (χ2n) is 13.8. The molecule has 3 aliphatic rings. The Balaban J connectivity index is 1.43. The highest BCUT2D eigenvalue weighted by molar-refractivity contribution is 7.23. The molecule has 0 radical (unpaired) electrons. The molecule has 3 fully saturated rings. The van der Waals surface area contributed by atoms with Crippen LogP contribution >= 0.6 is 11.3 Å². The van der Waals surface area contributed by atoms with E-state index in [9.17, 15) is 18.8 Å². The highest BCUT2D eigenvalue weighted by atomic mass is 32.1. The molecular formula is C35H35F6N7O2S. The highest BCUT2D eigenvalue weighted by Crippen LogP contribution is 2.49. The van der Waals surface area contributed by atoms with E-state index in [1.54, 1.807) is 25.9 Å². The Morgan fingerprint density at radius 2 is 1.98 bits per heavy atom. The minimum absolute atomic E-state index is 0.00786. The molecule has 9 nitrogen and oxygen atoms in total. The Labute approximate surface area is 293 Å². The van der Waals surface area contributed by atoms with Crippen LogP contribution in [0.1, 0.15) is 50.2 Å². The normalized spacial score (nSPS) is 23.3. The van der Waals surface area contributed by atoms with Gasteiger partial charge in [0.05, 0.1) is 21.4 Å². The van der Waals surface area contributed by atoms with Gasteiger partial charge in [0.25, 0.3) is 0 Å². The Morgan fingerprint density at radius 1 is 1.24 bits per heavy atom. The topological polar surface area (TPSA) is 112 Å². The second-order valence-corrected chi connectivity index (χ2v) is 14.8. The smallest absolute Gasteiger partial charge is 0.417 e. The molecule has 270 valence electrons. The van der Waals surface area contributed by atoms with Gasteiger partial charge >= 0.3 is 12.2 Å². The van der Waals surface area contributed by atoms with E-state index in [0.717, 1.165) is 24.6 Å². The predicted octanol–water partition coefficient (Wildman–Crippen LogP) is 6.91. The van der Waals surface area contributed by atoms with Gasteiger partial charge in [-0.2, -0.15) is 28.4 Å². The summed E-state index contributed by atoms with van der Waals surface area (Å²) in [4.78, 5) is 26.8. The van der Waals surface area contributed by atoms with E-state index in [1.165, 1.54) is 4.90 Å². The van der Waals surface area contributed by atoms with Crippen LogP contribution in [-0.4, -0.2) is 83.8 Å². The first-order valence-corrected chi connectivity index (χ1v) is 17.5. The third-order valence-corrected chi connectivity index (χ3v) is 11.6. The van der Waals surface area contributed by atoms with Crippen molar-refractivity contribution in [2.24, 2.45) is 5.92 Å². The summed E-state index contributed by atoms with van der Waals surface area (Å²) in [5.74, 6) is -2.57. The molecule has 0 spiro atoms. The van der Waals surface area contributed by atoms with Crippen molar-refractivity contribution < 1.29 is 35.9 Å². The SMILES string of the molecule is CCN(c1nc(OCC23CCCN2CC(F)C3)nc2c(F)c(-c3ccc(F)c4sc(N)c(C#N)c34)c(C(F)(F)F)cc12)C1CC(C(=O)N(C)C)C1. The molecular weight excluding hydrogens is 696 g/mol. The number of carbonyl (C=O) groups is 1. The lowest BCUT2D eigenvalue weighted by Gasteiger charge is -2.43. The monoisotopic (exact) mass is 731 g/mol. The summed E-state index contributed by atoms with van der Waals surface area (Å²) in [5.41, 5.74) is 1.92. The second kappa shape index (κ2) is 12.7. The van der Waals surface area contributed by atoms with Gasteiger partial charge in [-0.3, -0.25) is 9.69 Å². The molecule has 2 aromatic heterocycles. The quantitative estimate of drug-likeness (QED) is 0.195. The zero-order valence-corrected chi connectivity index (χ0v) is 28.9. The number of aromatic nitrogens is 2. The number of nitrogens with zero attached hydrogens (tertiary/aromatic N) is 6. The Hall–Kier alpha value is -4.36. The molecule has 2 aromatic carbocycles. The summed E-state index contributed by atoms with van der Waals surface area (Å²) < 4.78 is 97.6. The van der Waals surface area contributed by atoms with Crippen molar-refractivity contribution in [2.75, 3.05) is 51.0 Å². The number of hydrogen-bond donors (Lipinski definition) is 1. The van der Waals surface area contributed by atoms with Crippen molar-refractivity contribution in [1.82, 2.24) is 19.8 Å². The van der Waals surface area contributed by atoms with Crippen molar-refractivity contribution in [2.45, 2.75) is 63.0 Å². The maximum atomic E-state index is 17.1. The molecule has 4 aromatic rings. The van der Waals surface area contributed by atoms with Crippen LogP contribution in [0.5, 0.6) is 6.01 Å². The maximum absolute atomic E-state index is 17.1. The summed E-state index contributed by atoms with van der Waals surface area (Å²) in [5, 5.41) is 9.23. The minimum atomic E-state index is -5.11. The van der Waals surface area contributed by atoms with Gasteiger partial charge in [0, 0.05) is 61.9 Å². The van der Waals surface area contributed by atoms with Crippen LogP contribution in [0.25, 0.3) is 32.1 Å². The largest absolute Gasteiger partial charge is 0.461 e. The Bertz CT molecular complexity index is 2090. The molecule has 1 saturated carbocycles. The van der Waals surface area contributed by atoms with E-state index in [-0.39, 0.29) is 87.4 Å². The number of benzene rings is 2. The summed E-state index contributed by atoms with van der Waals surface area (Å²) in [7, 11) is 3.29. The van der Waals surface area contributed by atoms with Crippen LogP contribution in [0.4, 0.5) is 37.2 Å². The van der Waals surface area contributed by atoms with Gasteiger partial charge in [0.15, 0.2) is 5.82 Å². The van der Waals surface area contributed by atoms with E-state index in [4.69, 9.17) is 10.5 Å². The van der Waals surface area contributed by atoms with Gasteiger partial charge in [-0.25, -0.2) is 13.2 Å². The van der Waals surface area contributed by atoms with Crippen molar-refractivity contribution in [3.05, 3.63) is 41.0 Å². The molecule has 2 aliphatic heterocycles. The molecule has 2 N–H and O–H groups in total. The number of nitrogen functional groups attached to an aromatic ring is 1. The van der Waals surface area contributed by atoms with Gasteiger partial charge in [-0.05, 0) is 56.8 Å². The molecule has 2 atom stereocenters. The van der Waals surface area contributed by atoms with Crippen LogP contribution in [0.3, 0.4) is 0 Å². The van der Waals surface area contributed by atoms with Crippen molar-refractivity contribution in [3.63, 3.8) is 0 Å². The number of rotatable bonds is 8. The molecule has 4 heterocycles. The number of hydrogen-bond acceptors (Lipinski definition) is 9.